The topological polar surface area (TPSA) is 74.2 Å². The molecule has 0 saturated heterocycles. The first-order chi connectivity index (χ1) is 11.8. The minimum absolute atomic E-state index is 0.0927. The van der Waals surface area contributed by atoms with Gasteiger partial charge in [-0.1, -0.05) is 37.4 Å². The van der Waals surface area contributed by atoms with Crippen LogP contribution in [0.3, 0.4) is 0 Å². The number of carbonyl (C=O) groups excluding carboxylic acids is 1. The third-order valence-corrected chi connectivity index (χ3v) is 4.24. The molecule has 0 heterocycles. The fraction of sp³-hybridized carbons (Fsp3) is 0.474. The first kappa shape index (κ1) is 21.0. The zero-order valence-corrected chi connectivity index (χ0v) is 16.4. The van der Waals surface area contributed by atoms with Gasteiger partial charge in [0, 0.05) is 24.0 Å². The van der Waals surface area contributed by atoms with E-state index in [-0.39, 0.29) is 22.5 Å². The maximum Gasteiger partial charge on any atom is 0.260 e. The maximum absolute atomic E-state index is 12.5. The summed E-state index contributed by atoms with van der Waals surface area (Å²) in [7, 11) is 1.61. The lowest BCUT2D eigenvalue weighted by Crippen LogP contribution is -2.23. The van der Waals surface area contributed by atoms with Crippen molar-refractivity contribution >= 4 is 28.9 Å². The third-order valence-electron chi connectivity index (χ3n) is 3.87. The number of hydrogen-bond acceptors (Lipinski definition) is 4. The summed E-state index contributed by atoms with van der Waals surface area (Å²) in [5.41, 5.74) is 1.70. The van der Waals surface area contributed by atoms with Crippen molar-refractivity contribution in [2.45, 2.75) is 53.1 Å². The number of ether oxygens (including phenoxy) is 1. The van der Waals surface area contributed by atoms with Gasteiger partial charge in [0.1, 0.15) is 10.9 Å². The number of carbonyl (C=O) groups is 1. The van der Waals surface area contributed by atoms with Gasteiger partial charge in [0.15, 0.2) is 0 Å². The number of amides is 1. The smallest absolute Gasteiger partial charge is 0.260 e. The number of anilines is 1. The number of rotatable bonds is 9. The van der Waals surface area contributed by atoms with E-state index in [0.29, 0.717) is 5.69 Å². The normalized spacial score (nSPS) is 12.9. The van der Waals surface area contributed by atoms with E-state index in [1.165, 1.54) is 6.92 Å². The largest absolute Gasteiger partial charge is 0.490 e. The standard InChI is InChI=1S/C19H28ClN3O2/c1-6-7-9-12(2)25-16-11-8-10-15(13(16)3)23-19(24)17(14(4)21)18(20)22-5/h8,10-12,21-22H,6-7,9H2,1-5H3,(H,23,24)/b18-17+,21-14?. The number of unbranched alkanes of at least 4 members (excludes halogenated alkanes) is 1. The Labute approximate surface area is 155 Å². The van der Waals surface area contributed by atoms with Crippen molar-refractivity contribution in [3.05, 3.63) is 34.5 Å². The van der Waals surface area contributed by atoms with Crippen molar-refractivity contribution in [1.29, 1.82) is 5.41 Å². The molecule has 0 aliphatic carbocycles. The van der Waals surface area contributed by atoms with Gasteiger partial charge in [-0.25, -0.2) is 0 Å². The quantitative estimate of drug-likeness (QED) is 0.340. The van der Waals surface area contributed by atoms with E-state index < -0.39 is 5.91 Å². The Bertz CT molecular complexity index is 656. The highest BCUT2D eigenvalue weighted by molar-refractivity contribution is 6.37. The summed E-state index contributed by atoms with van der Waals surface area (Å²) in [4.78, 5) is 12.5. The number of benzene rings is 1. The Balaban J connectivity index is 2.98. The van der Waals surface area contributed by atoms with Gasteiger partial charge < -0.3 is 20.8 Å². The van der Waals surface area contributed by atoms with Crippen LogP contribution in [0.15, 0.2) is 28.9 Å². The summed E-state index contributed by atoms with van der Waals surface area (Å²) >= 11 is 6.02. The van der Waals surface area contributed by atoms with Crippen molar-refractivity contribution in [3.8, 4) is 5.75 Å². The summed E-state index contributed by atoms with van der Waals surface area (Å²) in [6.07, 6.45) is 3.35. The minimum Gasteiger partial charge on any atom is -0.490 e. The van der Waals surface area contributed by atoms with Crippen LogP contribution in [-0.4, -0.2) is 24.8 Å². The molecule has 0 aromatic heterocycles. The summed E-state index contributed by atoms with van der Waals surface area (Å²) < 4.78 is 6.00. The molecule has 3 N–H and O–H groups in total. The molecule has 1 aromatic rings. The fourth-order valence-electron chi connectivity index (χ4n) is 2.39. The number of hydrogen-bond donors (Lipinski definition) is 3. The van der Waals surface area contributed by atoms with Gasteiger partial charge in [0.2, 0.25) is 0 Å². The van der Waals surface area contributed by atoms with Crippen molar-refractivity contribution in [2.75, 3.05) is 12.4 Å². The molecule has 0 spiro atoms. The molecule has 1 unspecified atom stereocenters. The van der Waals surface area contributed by atoms with Crippen LogP contribution in [0.5, 0.6) is 5.75 Å². The predicted molar refractivity (Wildman–Crippen MR) is 105 cm³/mol. The van der Waals surface area contributed by atoms with Crippen molar-refractivity contribution < 1.29 is 9.53 Å². The zero-order chi connectivity index (χ0) is 19.0. The van der Waals surface area contributed by atoms with Crippen molar-refractivity contribution in [1.82, 2.24) is 5.32 Å². The van der Waals surface area contributed by atoms with Crippen LogP contribution in [0.4, 0.5) is 5.69 Å². The van der Waals surface area contributed by atoms with Gasteiger partial charge in [0.05, 0.1) is 11.7 Å². The Morgan fingerprint density at radius 3 is 2.64 bits per heavy atom. The first-order valence-corrected chi connectivity index (χ1v) is 8.90. The lowest BCUT2D eigenvalue weighted by molar-refractivity contribution is -0.112. The van der Waals surface area contributed by atoms with Crippen LogP contribution in [0.2, 0.25) is 0 Å². The second kappa shape index (κ2) is 10.1. The highest BCUT2D eigenvalue weighted by atomic mass is 35.5. The van der Waals surface area contributed by atoms with Crippen LogP contribution in [0.25, 0.3) is 0 Å². The molecular weight excluding hydrogens is 338 g/mol. The molecule has 1 rings (SSSR count). The Kier molecular flexibility index (Phi) is 8.49. The fourth-order valence-corrected chi connectivity index (χ4v) is 2.62. The lowest BCUT2D eigenvalue weighted by Gasteiger charge is -2.18. The average Bonchev–Trinajstić information content (AvgIpc) is 2.56. The minimum atomic E-state index is -0.425. The first-order valence-electron chi connectivity index (χ1n) is 8.52. The zero-order valence-electron chi connectivity index (χ0n) is 15.6. The van der Waals surface area contributed by atoms with Crippen LogP contribution >= 0.6 is 11.6 Å². The summed E-state index contributed by atoms with van der Waals surface area (Å²) in [5, 5.41) is 13.4. The molecular formula is C19H28ClN3O2. The Hall–Kier alpha value is -2.01. The molecule has 25 heavy (non-hydrogen) atoms. The summed E-state index contributed by atoms with van der Waals surface area (Å²) in [6, 6.07) is 5.54. The molecule has 0 saturated carbocycles. The summed E-state index contributed by atoms with van der Waals surface area (Å²) in [5.74, 6) is 0.323. The van der Waals surface area contributed by atoms with Gasteiger partial charge >= 0.3 is 0 Å². The maximum atomic E-state index is 12.5. The van der Waals surface area contributed by atoms with Gasteiger partial charge in [-0.2, -0.15) is 0 Å². The van der Waals surface area contributed by atoms with Crippen LogP contribution in [-0.2, 0) is 4.79 Å². The number of halogens is 1. The molecule has 0 fully saturated rings. The van der Waals surface area contributed by atoms with E-state index in [0.717, 1.165) is 30.6 Å². The monoisotopic (exact) mass is 365 g/mol. The van der Waals surface area contributed by atoms with Crippen LogP contribution < -0.4 is 15.4 Å². The second-order valence-electron chi connectivity index (χ2n) is 6.02. The molecule has 1 atom stereocenters. The van der Waals surface area contributed by atoms with E-state index in [1.54, 1.807) is 13.1 Å². The van der Waals surface area contributed by atoms with E-state index in [1.807, 2.05) is 26.0 Å². The van der Waals surface area contributed by atoms with Gasteiger partial charge in [-0.05, 0) is 39.3 Å². The Morgan fingerprint density at radius 1 is 1.40 bits per heavy atom. The molecule has 0 radical (unpaired) electrons. The molecule has 138 valence electrons. The summed E-state index contributed by atoms with van der Waals surface area (Å²) in [6.45, 7) is 7.63. The third kappa shape index (κ3) is 6.09. The molecule has 5 nitrogen and oxygen atoms in total. The molecule has 0 aliphatic heterocycles. The molecule has 1 amide bonds. The van der Waals surface area contributed by atoms with Crippen molar-refractivity contribution in [2.24, 2.45) is 0 Å². The molecule has 1 aromatic carbocycles. The predicted octanol–water partition coefficient (Wildman–Crippen LogP) is 4.60. The van der Waals surface area contributed by atoms with Crippen molar-refractivity contribution in [3.63, 3.8) is 0 Å². The molecule has 6 heteroatoms. The van der Waals surface area contributed by atoms with E-state index in [4.69, 9.17) is 21.7 Å². The van der Waals surface area contributed by atoms with Crippen LogP contribution in [0, 0.1) is 12.3 Å². The Morgan fingerprint density at radius 2 is 2.08 bits per heavy atom. The van der Waals surface area contributed by atoms with Gasteiger partial charge in [-0.15, -0.1) is 0 Å². The number of nitrogens with one attached hydrogen (secondary N) is 3. The van der Waals surface area contributed by atoms with E-state index >= 15 is 0 Å². The highest BCUT2D eigenvalue weighted by Crippen LogP contribution is 2.27. The van der Waals surface area contributed by atoms with Crippen LogP contribution in [0.1, 0.15) is 45.6 Å². The average molecular weight is 366 g/mol. The molecule has 0 aliphatic rings. The highest BCUT2D eigenvalue weighted by Gasteiger charge is 2.18. The van der Waals surface area contributed by atoms with Gasteiger partial charge in [-0.3, -0.25) is 4.79 Å². The molecule has 0 bridgehead atoms. The lowest BCUT2D eigenvalue weighted by atomic mass is 10.1. The van der Waals surface area contributed by atoms with E-state index in [9.17, 15) is 4.79 Å². The SMILES string of the molecule is CCCCC(C)Oc1cccc(NC(=O)/C(C(C)=N)=C(\Cl)NC)c1C. The van der Waals surface area contributed by atoms with E-state index in [2.05, 4.69) is 17.6 Å². The van der Waals surface area contributed by atoms with Gasteiger partial charge in [0.25, 0.3) is 5.91 Å². The second-order valence-corrected chi connectivity index (χ2v) is 6.40.